The molecule has 0 radical (unpaired) electrons. The van der Waals surface area contributed by atoms with Gasteiger partial charge in [0.2, 0.25) is 0 Å². The zero-order valence-electron chi connectivity index (χ0n) is 7.05. The van der Waals surface area contributed by atoms with Crippen molar-refractivity contribution in [3.63, 3.8) is 0 Å². The van der Waals surface area contributed by atoms with Crippen LogP contribution < -0.4 is 0 Å². The number of aliphatic hydroxyl groups is 3. The van der Waals surface area contributed by atoms with E-state index in [0.717, 1.165) is 6.42 Å². The molecule has 70 valence electrons. The smallest absolute Gasteiger partial charge is 0.172 e. The minimum absolute atomic E-state index is 0.0463. The molecule has 0 aliphatic carbocycles. The quantitative estimate of drug-likeness (QED) is 0.424. The molecule has 2 aliphatic heterocycles. The molecule has 2 rings (SSSR count). The SMILES string of the molecule is C[C@H]1C[C@@H](O)[C@@H]2[C@@H](O)[C@H](O)C[S+]21. The van der Waals surface area contributed by atoms with E-state index in [1.54, 1.807) is 0 Å². The van der Waals surface area contributed by atoms with Gasteiger partial charge < -0.3 is 15.3 Å². The Morgan fingerprint density at radius 2 is 1.83 bits per heavy atom. The van der Waals surface area contributed by atoms with Crippen LogP contribution in [0.25, 0.3) is 0 Å². The molecule has 1 unspecified atom stereocenters. The van der Waals surface area contributed by atoms with Crippen LogP contribution in [0.1, 0.15) is 13.3 Å². The molecule has 0 spiro atoms. The normalized spacial score (nSPS) is 59.0. The molecule has 0 amide bonds. The second kappa shape index (κ2) is 2.87. The van der Waals surface area contributed by atoms with Gasteiger partial charge in [-0.15, -0.1) is 0 Å². The van der Waals surface area contributed by atoms with E-state index >= 15 is 0 Å². The van der Waals surface area contributed by atoms with Gasteiger partial charge in [0.15, 0.2) is 5.25 Å². The van der Waals surface area contributed by atoms with E-state index in [1.165, 1.54) is 0 Å². The second-order valence-electron chi connectivity index (χ2n) is 3.77. The third-order valence-electron chi connectivity index (χ3n) is 2.91. The molecule has 2 aliphatic rings. The lowest BCUT2D eigenvalue weighted by atomic mass is 10.0. The fourth-order valence-electron chi connectivity index (χ4n) is 2.26. The minimum Gasteiger partial charge on any atom is -0.388 e. The van der Waals surface area contributed by atoms with Crippen LogP contribution in [0.3, 0.4) is 0 Å². The lowest BCUT2D eigenvalue weighted by molar-refractivity contribution is 0.0148. The van der Waals surface area contributed by atoms with E-state index in [4.69, 9.17) is 0 Å². The summed E-state index contributed by atoms with van der Waals surface area (Å²) in [7, 11) is 0.0471. The third kappa shape index (κ3) is 1.09. The summed E-state index contributed by atoms with van der Waals surface area (Å²) in [5, 5.41) is 29.0. The molecule has 4 heteroatoms. The van der Waals surface area contributed by atoms with Gasteiger partial charge in [-0.3, -0.25) is 0 Å². The van der Waals surface area contributed by atoms with Gasteiger partial charge in [0, 0.05) is 17.3 Å². The van der Waals surface area contributed by atoms with Crippen LogP contribution in [0.5, 0.6) is 0 Å². The maximum Gasteiger partial charge on any atom is 0.172 e. The summed E-state index contributed by atoms with van der Waals surface area (Å²) in [5.41, 5.74) is 0. The highest BCUT2D eigenvalue weighted by atomic mass is 32.2. The summed E-state index contributed by atoms with van der Waals surface area (Å²) in [6.07, 6.45) is -0.892. The van der Waals surface area contributed by atoms with Crippen molar-refractivity contribution in [2.45, 2.75) is 42.2 Å². The maximum absolute atomic E-state index is 9.59. The van der Waals surface area contributed by atoms with Crippen molar-refractivity contribution >= 4 is 10.9 Å². The first-order valence-electron chi connectivity index (χ1n) is 4.34. The molecule has 2 fully saturated rings. The lowest BCUT2D eigenvalue weighted by Gasteiger charge is -2.11. The van der Waals surface area contributed by atoms with E-state index in [9.17, 15) is 15.3 Å². The van der Waals surface area contributed by atoms with Gasteiger partial charge in [-0.1, -0.05) is 0 Å². The van der Waals surface area contributed by atoms with Gasteiger partial charge in [-0.2, -0.15) is 0 Å². The third-order valence-corrected chi connectivity index (χ3v) is 6.16. The van der Waals surface area contributed by atoms with Gasteiger partial charge >= 0.3 is 0 Å². The molecule has 0 saturated carbocycles. The van der Waals surface area contributed by atoms with Crippen LogP contribution in [0.4, 0.5) is 0 Å². The summed E-state index contributed by atoms with van der Waals surface area (Å²) < 4.78 is 0. The molecule has 12 heavy (non-hydrogen) atoms. The summed E-state index contributed by atoms with van der Waals surface area (Å²) in [6.45, 7) is 2.09. The van der Waals surface area contributed by atoms with Crippen molar-refractivity contribution in [2.75, 3.05) is 5.75 Å². The molecule has 3 nitrogen and oxygen atoms in total. The second-order valence-corrected chi connectivity index (χ2v) is 6.39. The number of hydrogen-bond acceptors (Lipinski definition) is 3. The number of hydrogen-bond donors (Lipinski definition) is 3. The van der Waals surface area contributed by atoms with Crippen LogP contribution in [-0.4, -0.2) is 49.9 Å². The Hall–Kier alpha value is 0.230. The van der Waals surface area contributed by atoms with E-state index in [0.29, 0.717) is 11.0 Å². The Balaban J connectivity index is 2.18. The first kappa shape index (κ1) is 8.81. The minimum atomic E-state index is -0.687. The number of fused-ring (bicyclic) bond motifs is 1. The molecular formula is C8H15O3S+. The average molecular weight is 191 g/mol. The Morgan fingerprint density at radius 1 is 1.17 bits per heavy atom. The van der Waals surface area contributed by atoms with Crippen molar-refractivity contribution in [1.82, 2.24) is 0 Å². The van der Waals surface area contributed by atoms with Crippen LogP contribution >= 0.6 is 0 Å². The van der Waals surface area contributed by atoms with Crippen LogP contribution in [0, 0.1) is 0 Å². The highest BCUT2D eigenvalue weighted by Gasteiger charge is 2.60. The van der Waals surface area contributed by atoms with E-state index in [2.05, 4.69) is 6.92 Å². The fraction of sp³-hybridized carbons (Fsp3) is 1.00. The molecule has 0 aromatic heterocycles. The van der Waals surface area contributed by atoms with Gasteiger partial charge in [-0.05, 0) is 6.92 Å². The van der Waals surface area contributed by atoms with Gasteiger partial charge in [-0.25, -0.2) is 0 Å². The Labute approximate surface area is 74.8 Å². The summed E-state index contributed by atoms with van der Waals surface area (Å²) in [5.74, 6) is 0.685. The van der Waals surface area contributed by atoms with Crippen molar-refractivity contribution in [3.8, 4) is 0 Å². The van der Waals surface area contributed by atoms with Gasteiger partial charge in [0.25, 0.3) is 0 Å². The van der Waals surface area contributed by atoms with Crippen LogP contribution in [0.2, 0.25) is 0 Å². The van der Waals surface area contributed by atoms with Crippen LogP contribution in [-0.2, 0) is 10.9 Å². The summed E-state index contributed by atoms with van der Waals surface area (Å²) in [6, 6.07) is 0. The van der Waals surface area contributed by atoms with Crippen molar-refractivity contribution in [3.05, 3.63) is 0 Å². The van der Waals surface area contributed by atoms with E-state index in [-0.39, 0.29) is 16.1 Å². The fourth-order valence-corrected chi connectivity index (χ4v) is 5.44. The highest BCUT2D eigenvalue weighted by molar-refractivity contribution is 7.98. The predicted molar refractivity (Wildman–Crippen MR) is 48.1 cm³/mol. The van der Waals surface area contributed by atoms with E-state index in [1.807, 2.05) is 0 Å². The van der Waals surface area contributed by atoms with Crippen LogP contribution in [0.15, 0.2) is 0 Å². The predicted octanol–water partition coefficient (Wildman–Crippen LogP) is -1.14. The standard InChI is InChI=1S/C8H15O3S/c1-4-2-5(9)8-7(11)6(10)3-12(4)8/h4-11H,2-3H2,1H3/q+1/t4-,5+,6+,7-,8+,12?/m0/s1. The summed E-state index contributed by atoms with van der Waals surface area (Å²) >= 11 is 0. The monoisotopic (exact) mass is 191 g/mol. The molecule has 0 bridgehead atoms. The van der Waals surface area contributed by atoms with Gasteiger partial charge in [0.05, 0.1) is 0 Å². The largest absolute Gasteiger partial charge is 0.388 e. The maximum atomic E-state index is 9.59. The summed E-state index contributed by atoms with van der Waals surface area (Å²) in [4.78, 5) is 0. The van der Waals surface area contributed by atoms with Crippen molar-refractivity contribution in [1.29, 1.82) is 0 Å². The molecular weight excluding hydrogens is 176 g/mol. The molecule has 0 aromatic rings. The first-order valence-corrected chi connectivity index (χ1v) is 5.86. The Kier molecular flexibility index (Phi) is 2.11. The Morgan fingerprint density at radius 3 is 2.42 bits per heavy atom. The number of aliphatic hydroxyl groups excluding tert-OH is 3. The lowest BCUT2D eigenvalue weighted by Crippen LogP contribution is -2.36. The molecule has 2 heterocycles. The first-order chi connectivity index (χ1) is 5.61. The van der Waals surface area contributed by atoms with Crippen molar-refractivity contribution in [2.24, 2.45) is 0 Å². The Bertz CT molecular complexity index is 187. The molecule has 3 N–H and O–H groups in total. The molecule has 6 atom stereocenters. The number of rotatable bonds is 0. The molecule has 2 saturated heterocycles. The topological polar surface area (TPSA) is 60.7 Å². The van der Waals surface area contributed by atoms with Crippen molar-refractivity contribution < 1.29 is 15.3 Å². The van der Waals surface area contributed by atoms with Gasteiger partial charge in [0.1, 0.15) is 29.3 Å². The molecule has 0 aromatic carbocycles. The zero-order valence-corrected chi connectivity index (χ0v) is 7.87. The van der Waals surface area contributed by atoms with E-state index < -0.39 is 18.3 Å². The highest BCUT2D eigenvalue weighted by Crippen LogP contribution is 2.38. The average Bonchev–Trinajstić information content (AvgIpc) is 2.41. The zero-order chi connectivity index (χ0) is 8.88.